The molecule has 2 heterocycles. The lowest BCUT2D eigenvalue weighted by Crippen LogP contribution is -2.07. The number of halogens is 2. The number of rotatable bonds is 5. The van der Waals surface area contributed by atoms with Gasteiger partial charge in [0.15, 0.2) is 5.58 Å². The molecular weight excluding hydrogens is 459 g/mol. The van der Waals surface area contributed by atoms with Crippen molar-refractivity contribution in [3.63, 3.8) is 0 Å². The van der Waals surface area contributed by atoms with Crippen LogP contribution in [0.1, 0.15) is 5.76 Å². The zero-order valence-corrected chi connectivity index (χ0v) is 18.6. The molecule has 0 aliphatic carbocycles. The molecule has 3 aromatic carbocycles. The number of fused-ring (bicyclic) bond motifs is 1. The second-order valence-corrected chi connectivity index (χ2v) is 8.06. The molecule has 1 N–H and O–H groups in total. The van der Waals surface area contributed by atoms with E-state index < -0.39 is 0 Å². The molecule has 0 bridgehead atoms. The highest BCUT2D eigenvalue weighted by molar-refractivity contribution is 6.36. The van der Waals surface area contributed by atoms with Crippen molar-refractivity contribution in [1.29, 1.82) is 0 Å². The van der Waals surface area contributed by atoms with Crippen molar-refractivity contribution < 1.29 is 13.6 Å². The number of hydrogen-bond acceptors (Lipinski definition) is 4. The molecule has 7 heteroatoms. The maximum Gasteiger partial charge on any atom is 0.248 e. The van der Waals surface area contributed by atoms with Crippen molar-refractivity contribution in [2.24, 2.45) is 0 Å². The van der Waals surface area contributed by atoms with Gasteiger partial charge in [-0.3, -0.25) is 4.79 Å². The summed E-state index contributed by atoms with van der Waals surface area (Å²) in [6, 6.07) is 23.8. The molecule has 0 aliphatic heterocycles. The molecule has 0 fully saturated rings. The topological polar surface area (TPSA) is 68.3 Å². The van der Waals surface area contributed by atoms with Gasteiger partial charge in [0, 0.05) is 22.3 Å². The van der Waals surface area contributed by atoms with Gasteiger partial charge in [-0.05, 0) is 54.6 Å². The minimum Gasteiger partial charge on any atom is -0.457 e. The third-order valence-corrected chi connectivity index (χ3v) is 5.45. The number of oxazole rings is 1. The summed E-state index contributed by atoms with van der Waals surface area (Å²) in [7, 11) is 0. The van der Waals surface area contributed by atoms with E-state index in [2.05, 4.69) is 10.3 Å². The summed E-state index contributed by atoms with van der Waals surface area (Å²) in [4.78, 5) is 16.9. The van der Waals surface area contributed by atoms with Crippen LogP contribution in [0.25, 0.3) is 40.0 Å². The molecule has 0 aliphatic rings. The van der Waals surface area contributed by atoms with Gasteiger partial charge in [-0.1, -0.05) is 53.5 Å². The summed E-state index contributed by atoms with van der Waals surface area (Å²) >= 11 is 12.2. The molecule has 1 amide bonds. The van der Waals surface area contributed by atoms with E-state index >= 15 is 0 Å². The number of aromatic nitrogens is 1. The zero-order chi connectivity index (χ0) is 22.8. The van der Waals surface area contributed by atoms with Crippen LogP contribution in [0.15, 0.2) is 93.8 Å². The van der Waals surface area contributed by atoms with Gasteiger partial charge in [0.25, 0.3) is 0 Å². The maximum atomic E-state index is 12.4. The molecule has 33 heavy (non-hydrogen) atoms. The number of anilines is 1. The van der Waals surface area contributed by atoms with E-state index in [4.69, 9.17) is 32.0 Å². The molecule has 0 atom stereocenters. The van der Waals surface area contributed by atoms with Crippen LogP contribution in [-0.2, 0) is 4.79 Å². The van der Waals surface area contributed by atoms with Crippen molar-refractivity contribution in [2.75, 3.05) is 5.32 Å². The average Bonchev–Trinajstić information content (AvgIpc) is 3.45. The summed E-state index contributed by atoms with van der Waals surface area (Å²) in [5.74, 6) is 1.41. The van der Waals surface area contributed by atoms with E-state index in [9.17, 15) is 4.79 Å². The first-order valence-electron chi connectivity index (χ1n) is 10.1. The van der Waals surface area contributed by atoms with Gasteiger partial charge >= 0.3 is 0 Å². The highest BCUT2D eigenvalue weighted by Crippen LogP contribution is 2.32. The summed E-state index contributed by atoms with van der Waals surface area (Å²) in [6.45, 7) is 0. The van der Waals surface area contributed by atoms with Gasteiger partial charge in [0.2, 0.25) is 11.8 Å². The van der Waals surface area contributed by atoms with E-state index in [1.807, 2.05) is 42.5 Å². The molecule has 0 spiro atoms. The first-order valence-corrected chi connectivity index (χ1v) is 10.8. The van der Waals surface area contributed by atoms with Crippen LogP contribution in [0.2, 0.25) is 10.0 Å². The highest BCUT2D eigenvalue weighted by Gasteiger charge is 2.13. The normalized spacial score (nSPS) is 11.3. The Hall–Kier alpha value is -3.80. The predicted octanol–water partition coefficient (Wildman–Crippen LogP) is 7.71. The highest BCUT2D eigenvalue weighted by atomic mass is 35.5. The van der Waals surface area contributed by atoms with Crippen molar-refractivity contribution in [3.8, 4) is 22.8 Å². The molecule has 5 rings (SSSR count). The number of carbonyl (C=O) groups is 1. The largest absolute Gasteiger partial charge is 0.457 e. The summed E-state index contributed by atoms with van der Waals surface area (Å²) in [5, 5.41) is 3.79. The lowest BCUT2D eigenvalue weighted by Gasteiger charge is -2.00. The third-order valence-electron chi connectivity index (χ3n) is 4.90. The monoisotopic (exact) mass is 474 g/mol. The van der Waals surface area contributed by atoms with Crippen molar-refractivity contribution >= 4 is 52.0 Å². The third kappa shape index (κ3) is 4.70. The van der Waals surface area contributed by atoms with E-state index in [0.717, 1.165) is 11.3 Å². The van der Waals surface area contributed by atoms with Gasteiger partial charge in [-0.25, -0.2) is 4.98 Å². The number of benzene rings is 3. The molecule has 5 nitrogen and oxygen atoms in total. The van der Waals surface area contributed by atoms with Gasteiger partial charge in [-0.2, -0.15) is 0 Å². The van der Waals surface area contributed by atoms with Crippen LogP contribution in [0.4, 0.5) is 5.69 Å². The molecule has 0 saturated heterocycles. The smallest absolute Gasteiger partial charge is 0.248 e. The van der Waals surface area contributed by atoms with Gasteiger partial charge in [0.05, 0.1) is 10.6 Å². The molecule has 5 aromatic rings. The van der Waals surface area contributed by atoms with E-state index in [1.54, 1.807) is 42.5 Å². The number of hydrogen-bond donors (Lipinski definition) is 1. The Labute approximate surface area is 199 Å². The Morgan fingerprint density at radius 1 is 0.909 bits per heavy atom. The van der Waals surface area contributed by atoms with Gasteiger partial charge < -0.3 is 14.2 Å². The molecule has 2 aromatic heterocycles. The number of nitrogens with one attached hydrogen (secondary N) is 1. The summed E-state index contributed by atoms with van der Waals surface area (Å²) in [6.07, 6.45) is 3.04. The lowest BCUT2D eigenvalue weighted by molar-refractivity contribution is -0.111. The average molecular weight is 475 g/mol. The fourth-order valence-corrected chi connectivity index (χ4v) is 3.81. The van der Waals surface area contributed by atoms with Crippen LogP contribution >= 0.6 is 23.2 Å². The van der Waals surface area contributed by atoms with Crippen molar-refractivity contribution in [2.45, 2.75) is 0 Å². The number of furan rings is 1. The van der Waals surface area contributed by atoms with E-state index in [0.29, 0.717) is 44.0 Å². The first kappa shape index (κ1) is 21.1. The quantitative estimate of drug-likeness (QED) is 0.264. The van der Waals surface area contributed by atoms with Crippen LogP contribution < -0.4 is 5.32 Å². The zero-order valence-electron chi connectivity index (χ0n) is 17.1. The van der Waals surface area contributed by atoms with Crippen LogP contribution in [-0.4, -0.2) is 10.9 Å². The Balaban J connectivity index is 1.30. The Morgan fingerprint density at radius 3 is 2.58 bits per heavy atom. The minimum atomic E-state index is -0.295. The van der Waals surface area contributed by atoms with Crippen molar-refractivity contribution in [1.82, 2.24) is 4.98 Å². The fraction of sp³-hybridized carbons (Fsp3) is 0. The SMILES string of the molecule is O=C(/C=C/c1ccc(-c2ccccc2)o1)Nc1ccc2oc(-c3ccc(Cl)cc3Cl)nc2c1. The number of carbonyl (C=O) groups excluding carboxylic acids is 1. The molecule has 0 saturated carbocycles. The van der Waals surface area contributed by atoms with Crippen LogP contribution in [0.3, 0.4) is 0 Å². The second-order valence-electron chi connectivity index (χ2n) is 7.22. The lowest BCUT2D eigenvalue weighted by atomic mass is 10.2. The molecule has 0 radical (unpaired) electrons. The number of nitrogens with zero attached hydrogens (tertiary/aromatic N) is 1. The Bertz CT molecular complexity index is 1490. The maximum absolute atomic E-state index is 12.4. The number of amides is 1. The Kier molecular flexibility index (Phi) is 5.73. The van der Waals surface area contributed by atoms with E-state index in [1.165, 1.54) is 6.08 Å². The van der Waals surface area contributed by atoms with Gasteiger partial charge in [0.1, 0.15) is 17.0 Å². The van der Waals surface area contributed by atoms with Crippen LogP contribution in [0.5, 0.6) is 0 Å². The molecule has 162 valence electrons. The summed E-state index contributed by atoms with van der Waals surface area (Å²) < 4.78 is 11.6. The first-order chi connectivity index (χ1) is 16.0. The second kappa shape index (κ2) is 8.98. The summed E-state index contributed by atoms with van der Waals surface area (Å²) in [5.41, 5.74) is 3.37. The standard InChI is InChI=1S/C26H16Cl2N2O3/c27-17-6-10-20(21(28)14-17)26-30-22-15-18(7-11-24(22)33-26)29-25(31)13-9-19-8-12-23(32-19)16-4-2-1-3-5-16/h1-15H,(H,29,31)/b13-9+. The van der Waals surface area contributed by atoms with Gasteiger partial charge in [-0.15, -0.1) is 0 Å². The molecule has 0 unspecified atom stereocenters. The van der Waals surface area contributed by atoms with Crippen LogP contribution in [0, 0.1) is 0 Å². The molecular formula is C26H16Cl2N2O3. The fourth-order valence-electron chi connectivity index (χ4n) is 3.33. The minimum absolute atomic E-state index is 0.295. The van der Waals surface area contributed by atoms with E-state index in [-0.39, 0.29) is 5.91 Å². The predicted molar refractivity (Wildman–Crippen MR) is 131 cm³/mol. The Morgan fingerprint density at radius 2 is 1.76 bits per heavy atom. The van der Waals surface area contributed by atoms with Crippen molar-refractivity contribution in [3.05, 3.63) is 101 Å².